The lowest BCUT2D eigenvalue weighted by atomic mass is 9.96. The van der Waals surface area contributed by atoms with Crippen molar-refractivity contribution in [1.29, 1.82) is 0 Å². The van der Waals surface area contributed by atoms with E-state index in [0.29, 0.717) is 0 Å². The van der Waals surface area contributed by atoms with E-state index in [1.807, 2.05) is 0 Å². The van der Waals surface area contributed by atoms with Gasteiger partial charge in [0.25, 0.3) is 10.0 Å². The van der Waals surface area contributed by atoms with E-state index in [1.165, 1.54) is 48.3 Å². The fourth-order valence-electron chi connectivity index (χ4n) is 4.86. The third-order valence-corrected chi connectivity index (χ3v) is 17.2. The Bertz CT molecular complexity index is 1500. The smallest absolute Gasteiger partial charge is 0.352 e. The Morgan fingerprint density at radius 3 is 1.94 bits per heavy atom. The van der Waals surface area contributed by atoms with E-state index in [0.717, 1.165) is 0 Å². The van der Waals surface area contributed by atoms with Crippen molar-refractivity contribution in [3.8, 4) is 0 Å². The van der Waals surface area contributed by atoms with Crippen molar-refractivity contribution < 1.29 is 12.3 Å². The highest BCUT2D eigenvalue weighted by atomic mass is 28.5. The molecule has 31 heavy (non-hydrogen) atoms. The molecule has 1 atom stereocenters. The van der Waals surface area contributed by atoms with Gasteiger partial charge < -0.3 is 12.3 Å². The summed E-state index contributed by atoms with van der Waals surface area (Å²) in [6, 6.07) is 28.9. The van der Waals surface area contributed by atoms with Crippen LogP contribution in [0.4, 0.5) is 0 Å². The van der Waals surface area contributed by atoms with Gasteiger partial charge >= 0.3 is 17.1 Å². The van der Waals surface area contributed by atoms with E-state index in [1.54, 1.807) is 0 Å². The van der Waals surface area contributed by atoms with Crippen LogP contribution in [0.25, 0.3) is 43.1 Å². The van der Waals surface area contributed by atoms with Gasteiger partial charge in [0, 0.05) is 5.19 Å². The second kappa shape index (κ2) is 6.83. The number of fused-ring (bicyclic) bond motifs is 5. The topological polar surface area (TPSA) is 27.7 Å². The summed E-state index contributed by atoms with van der Waals surface area (Å²) in [5.74, 6) is 0. The molecule has 3 nitrogen and oxygen atoms in total. The standard InChI is InChI=1S/C25H24O3Si3/c1-30(2)26-29-27-31(3,28-30)25-10-6-9-19-14-21-12-11-20-13-17-7-4-5-8-18(17)15-22(20)23(21)16-24(19)25/h4-16H,29H2,1-3H3. The summed E-state index contributed by atoms with van der Waals surface area (Å²) in [6.45, 7) is 6.45. The Labute approximate surface area is 186 Å². The van der Waals surface area contributed by atoms with Crippen molar-refractivity contribution in [3.05, 3.63) is 78.9 Å². The molecule has 1 aliphatic heterocycles. The Balaban J connectivity index is 1.65. The van der Waals surface area contributed by atoms with Gasteiger partial charge in [0.2, 0.25) is 0 Å². The summed E-state index contributed by atoms with van der Waals surface area (Å²) in [4.78, 5) is 0. The zero-order valence-electron chi connectivity index (χ0n) is 17.9. The molecule has 1 unspecified atom stereocenters. The van der Waals surface area contributed by atoms with Crippen LogP contribution in [0, 0.1) is 0 Å². The molecule has 1 heterocycles. The molecule has 0 N–H and O–H groups in total. The van der Waals surface area contributed by atoms with Crippen molar-refractivity contribution in [1.82, 2.24) is 0 Å². The Morgan fingerprint density at radius 2 is 1.19 bits per heavy atom. The molecule has 0 aromatic heterocycles. The fourth-order valence-corrected chi connectivity index (χ4v) is 15.1. The molecular formula is C25H24O3Si3. The number of hydrogen-bond acceptors (Lipinski definition) is 3. The van der Waals surface area contributed by atoms with E-state index < -0.39 is 27.1 Å². The minimum Gasteiger partial charge on any atom is -0.420 e. The first-order chi connectivity index (χ1) is 14.9. The zero-order chi connectivity index (χ0) is 21.2. The van der Waals surface area contributed by atoms with Crippen molar-refractivity contribution in [2.45, 2.75) is 19.6 Å². The first-order valence-corrected chi connectivity index (χ1v) is 17.0. The van der Waals surface area contributed by atoms with Gasteiger partial charge in [-0.1, -0.05) is 54.6 Å². The third kappa shape index (κ3) is 3.18. The van der Waals surface area contributed by atoms with E-state index in [-0.39, 0.29) is 0 Å². The van der Waals surface area contributed by atoms with Gasteiger partial charge in [-0.25, -0.2) is 0 Å². The minimum atomic E-state index is -2.51. The maximum absolute atomic E-state index is 6.58. The maximum atomic E-state index is 6.58. The summed E-state index contributed by atoms with van der Waals surface area (Å²) in [7, 11) is -5.65. The molecule has 154 valence electrons. The molecular weight excluding hydrogens is 433 g/mol. The van der Waals surface area contributed by atoms with E-state index in [4.69, 9.17) is 12.3 Å². The zero-order valence-corrected chi connectivity index (χ0v) is 21.4. The highest BCUT2D eigenvalue weighted by Gasteiger charge is 2.46. The highest BCUT2D eigenvalue weighted by Crippen LogP contribution is 2.33. The molecule has 1 aliphatic rings. The van der Waals surface area contributed by atoms with Gasteiger partial charge in [0.1, 0.15) is 0 Å². The lowest BCUT2D eigenvalue weighted by Gasteiger charge is -2.41. The molecule has 0 aliphatic carbocycles. The van der Waals surface area contributed by atoms with Crippen LogP contribution in [-0.2, 0) is 12.3 Å². The summed E-state index contributed by atoms with van der Waals surface area (Å²) in [5, 5.41) is 11.3. The van der Waals surface area contributed by atoms with Crippen LogP contribution >= 0.6 is 0 Å². The van der Waals surface area contributed by atoms with Crippen molar-refractivity contribution in [3.63, 3.8) is 0 Å². The Morgan fingerprint density at radius 1 is 0.581 bits per heavy atom. The molecule has 5 aromatic carbocycles. The number of benzene rings is 5. The van der Waals surface area contributed by atoms with E-state index in [9.17, 15) is 0 Å². The molecule has 5 aromatic rings. The van der Waals surface area contributed by atoms with Crippen LogP contribution in [0.3, 0.4) is 0 Å². The van der Waals surface area contributed by atoms with E-state index in [2.05, 4.69) is 98.5 Å². The van der Waals surface area contributed by atoms with Crippen LogP contribution in [-0.4, -0.2) is 27.1 Å². The lowest BCUT2D eigenvalue weighted by Crippen LogP contribution is -2.63. The van der Waals surface area contributed by atoms with Crippen LogP contribution in [0.1, 0.15) is 0 Å². The SMILES string of the molecule is C[Si]1(C)O[SiH2]O[Si](C)(c2cccc3cc4ccc5cc6ccccc6cc5c4cc23)O1. The molecule has 0 spiro atoms. The molecule has 6 heteroatoms. The van der Waals surface area contributed by atoms with Crippen LogP contribution < -0.4 is 5.19 Å². The largest absolute Gasteiger partial charge is 0.420 e. The molecule has 0 radical (unpaired) electrons. The summed E-state index contributed by atoms with van der Waals surface area (Å²) in [5.41, 5.74) is 0. The van der Waals surface area contributed by atoms with Gasteiger partial charge in [0.15, 0.2) is 0 Å². The van der Waals surface area contributed by atoms with Crippen LogP contribution in [0.5, 0.6) is 0 Å². The Kier molecular flexibility index (Phi) is 4.27. The van der Waals surface area contributed by atoms with Gasteiger partial charge in [-0.3, -0.25) is 0 Å². The van der Waals surface area contributed by atoms with Crippen molar-refractivity contribution >= 4 is 75.4 Å². The van der Waals surface area contributed by atoms with Gasteiger partial charge in [-0.15, -0.1) is 0 Å². The monoisotopic (exact) mass is 456 g/mol. The van der Waals surface area contributed by atoms with Crippen LogP contribution in [0.2, 0.25) is 19.6 Å². The number of rotatable bonds is 1. The molecule has 0 amide bonds. The first kappa shape index (κ1) is 19.4. The summed E-state index contributed by atoms with van der Waals surface area (Å²) < 4.78 is 18.8. The number of hydrogen-bond donors (Lipinski definition) is 0. The van der Waals surface area contributed by atoms with Gasteiger partial charge in [-0.05, 0) is 87.0 Å². The van der Waals surface area contributed by atoms with Crippen molar-refractivity contribution in [2.24, 2.45) is 0 Å². The lowest BCUT2D eigenvalue weighted by molar-refractivity contribution is 0.276. The molecule has 6 rings (SSSR count). The Hall–Kier alpha value is -2.33. The average Bonchev–Trinajstić information content (AvgIpc) is 2.75. The van der Waals surface area contributed by atoms with Gasteiger partial charge in [-0.2, -0.15) is 0 Å². The second-order valence-electron chi connectivity index (χ2n) is 8.94. The predicted molar refractivity (Wildman–Crippen MR) is 137 cm³/mol. The third-order valence-electron chi connectivity index (χ3n) is 6.37. The summed E-state index contributed by atoms with van der Waals surface area (Å²) >= 11 is 0. The first-order valence-electron chi connectivity index (χ1n) is 10.7. The molecule has 0 bridgehead atoms. The second-order valence-corrected chi connectivity index (χ2v) is 17.5. The maximum Gasteiger partial charge on any atom is 0.352 e. The van der Waals surface area contributed by atoms with E-state index >= 15 is 0 Å². The molecule has 1 saturated heterocycles. The normalized spacial score (nSPS) is 22.0. The summed E-state index contributed by atoms with van der Waals surface area (Å²) in [6.07, 6.45) is 0. The van der Waals surface area contributed by atoms with Crippen LogP contribution in [0.15, 0.2) is 78.9 Å². The molecule has 1 fully saturated rings. The fraction of sp³-hybridized carbons (Fsp3) is 0.120. The minimum absolute atomic E-state index is 1.01. The average molecular weight is 457 g/mol. The highest BCUT2D eigenvalue weighted by molar-refractivity contribution is 6.93. The molecule has 0 saturated carbocycles. The van der Waals surface area contributed by atoms with Gasteiger partial charge in [0.05, 0.1) is 0 Å². The van der Waals surface area contributed by atoms with Crippen molar-refractivity contribution in [2.75, 3.05) is 0 Å². The quantitative estimate of drug-likeness (QED) is 0.193. The predicted octanol–water partition coefficient (Wildman–Crippen LogP) is 5.34.